The molecule has 3 aromatic rings. The number of hydrogen-bond acceptors (Lipinski definition) is 8. The lowest BCUT2D eigenvalue weighted by Gasteiger charge is -2.23. The van der Waals surface area contributed by atoms with Crippen molar-refractivity contribution in [1.82, 2.24) is 19.7 Å². The first kappa shape index (κ1) is 20.6. The number of fused-ring (bicyclic) bond motifs is 1. The summed E-state index contributed by atoms with van der Waals surface area (Å²) >= 11 is 0. The second-order valence-electron chi connectivity index (χ2n) is 7.85. The molecule has 4 rings (SSSR count). The molecule has 0 fully saturated rings. The Labute approximate surface area is 180 Å². The maximum Gasteiger partial charge on any atom is 0.329 e. The Kier molecular flexibility index (Phi) is 5.21. The van der Waals surface area contributed by atoms with Crippen molar-refractivity contribution >= 4 is 31.1 Å². The molecule has 1 aliphatic heterocycles. The van der Waals surface area contributed by atoms with E-state index in [1.807, 2.05) is 33.0 Å². The van der Waals surface area contributed by atoms with Crippen LogP contribution >= 0.6 is 0 Å². The minimum absolute atomic E-state index is 0.117. The lowest BCUT2D eigenvalue weighted by Crippen LogP contribution is -2.36. The van der Waals surface area contributed by atoms with Crippen molar-refractivity contribution in [2.24, 2.45) is 7.05 Å². The van der Waals surface area contributed by atoms with E-state index in [4.69, 9.17) is 0 Å². The van der Waals surface area contributed by atoms with Crippen molar-refractivity contribution in [3.63, 3.8) is 0 Å². The van der Waals surface area contributed by atoms with E-state index >= 15 is 0 Å². The predicted molar refractivity (Wildman–Crippen MR) is 118 cm³/mol. The molecule has 0 saturated heterocycles. The van der Waals surface area contributed by atoms with Crippen LogP contribution in [0.4, 0.5) is 17.5 Å². The van der Waals surface area contributed by atoms with Gasteiger partial charge in [-0.15, -0.1) is 0 Å². The second kappa shape index (κ2) is 7.85. The van der Waals surface area contributed by atoms with Gasteiger partial charge in [0.05, 0.1) is 23.6 Å². The van der Waals surface area contributed by atoms with Gasteiger partial charge in [0.25, 0.3) is 0 Å². The molecular weight excluding hydrogens is 393 g/mol. The van der Waals surface area contributed by atoms with Gasteiger partial charge < -0.3 is 20.0 Å². The first-order valence-corrected chi connectivity index (χ1v) is 9.74. The van der Waals surface area contributed by atoms with E-state index in [0.29, 0.717) is 35.6 Å². The van der Waals surface area contributed by atoms with Gasteiger partial charge in [0.2, 0.25) is 5.95 Å². The van der Waals surface area contributed by atoms with Crippen LogP contribution < -0.4 is 10.1 Å². The summed E-state index contributed by atoms with van der Waals surface area (Å²) in [5.41, 5.74) is 3.49. The van der Waals surface area contributed by atoms with E-state index in [1.165, 1.54) is 7.41 Å². The number of aromatic nitrogens is 4. The number of anilines is 3. The van der Waals surface area contributed by atoms with Crippen LogP contribution in [0.2, 0.25) is 0 Å². The van der Waals surface area contributed by atoms with Crippen molar-refractivity contribution in [2.45, 2.75) is 19.3 Å². The van der Waals surface area contributed by atoms with E-state index in [0.717, 1.165) is 22.6 Å². The zero-order chi connectivity index (χ0) is 22.2. The van der Waals surface area contributed by atoms with Gasteiger partial charge in [-0.3, -0.25) is 4.68 Å². The molecule has 1 aromatic carbocycles. The van der Waals surface area contributed by atoms with Gasteiger partial charge in [-0.1, -0.05) is 6.92 Å². The van der Waals surface area contributed by atoms with E-state index in [2.05, 4.69) is 26.5 Å². The predicted octanol–water partition coefficient (Wildman–Crippen LogP) is 1.68. The van der Waals surface area contributed by atoms with Crippen molar-refractivity contribution < 1.29 is 9.90 Å². The number of nitriles is 1. The van der Waals surface area contributed by atoms with Crippen LogP contribution in [0.1, 0.15) is 23.7 Å². The number of carbonyl (C=O) groups excluding carboxylic acids is 1. The van der Waals surface area contributed by atoms with Gasteiger partial charge in [-0.05, 0) is 30.7 Å². The molecule has 1 aliphatic rings. The molecule has 1 atom stereocenters. The van der Waals surface area contributed by atoms with Crippen LogP contribution in [0, 0.1) is 18.3 Å². The average molecular weight is 414 g/mol. The number of nitrogens with one attached hydrogen (secondary N) is 1. The number of hydrogen-bond donors (Lipinski definition) is 2. The summed E-state index contributed by atoms with van der Waals surface area (Å²) in [6.07, 6.45) is 2.33. The third-order valence-electron chi connectivity index (χ3n) is 5.47. The number of carbonyl (C=O) groups is 1. The molecule has 0 spiro atoms. The summed E-state index contributed by atoms with van der Waals surface area (Å²) in [4.78, 5) is 21.7. The van der Waals surface area contributed by atoms with Crippen molar-refractivity contribution in [1.29, 1.82) is 5.26 Å². The van der Waals surface area contributed by atoms with Gasteiger partial charge in [-0.2, -0.15) is 10.4 Å². The standard InChI is InChI=1S/C21H21BN7O2/c1-13-6-18(28(3)27-13)26-20-24-5-4-17(25-20)14-7-15(9-23)19-16(8-14)21(2,11-30)10-29(19)22-12-31/h4-8,12,30H,10-11H2,1-3H3,(H,24,25,26). The third-order valence-corrected chi connectivity index (χ3v) is 5.47. The van der Waals surface area contributed by atoms with Crippen LogP contribution in [0.25, 0.3) is 11.3 Å². The molecule has 1 unspecified atom stereocenters. The highest BCUT2D eigenvalue weighted by molar-refractivity contribution is 6.70. The van der Waals surface area contributed by atoms with Gasteiger partial charge in [0, 0.05) is 42.5 Å². The highest BCUT2D eigenvalue weighted by atomic mass is 16.3. The quantitative estimate of drug-likeness (QED) is 0.462. The largest absolute Gasteiger partial charge is 0.410 e. The monoisotopic (exact) mass is 414 g/mol. The fourth-order valence-electron chi connectivity index (χ4n) is 3.94. The Bertz CT molecular complexity index is 1200. The summed E-state index contributed by atoms with van der Waals surface area (Å²) in [6, 6.07) is 9.55. The second-order valence-corrected chi connectivity index (χ2v) is 7.85. The number of aliphatic hydroxyl groups excluding tert-OH is 1. The van der Waals surface area contributed by atoms with Gasteiger partial charge in [0.15, 0.2) is 0 Å². The summed E-state index contributed by atoms with van der Waals surface area (Å²) < 4.78 is 1.71. The molecule has 31 heavy (non-hydrogen) atoms. The van der Waals surface area contributed by atoms with Crippen molar-refractivity contribution in [3.8, 4) is 17.3 Å². The molecule has 0 bridgehead atoms. The first-order chi connectivity index (χ1) is 14.9. The maximum absolute atomic E-state index is 11.1. The molecule has 3 heterocycles. The molecule has 155 valence electrons. The zero-order valence-corrected chi connectivity index (χ0v) is 17.5. The fourth-order valence-corrected chi connectivity index (χ4v) is 3.94. The zero-order valence-electron chi connectivity index (χ0n) is 17.5. The van der Waals surface area contributed by atoms with Gasteiger partial charge in [-0.25, -0.2) is 9.97 Å². The minimum Gasteiger partial charge on any atom is -0.410 e. The van der Waals surface area contributed by atoms with E-state index in [-0.39, 0.29) is 6.61 Å². The summed E-state index contributed by atoms with van der Waals surface area (Å²) in [7, 11) is 3.22. The third kappa shape index (κ3) is 3.64. The van der Waals surface area contributed by atoms with Crippen LogP contribution in [0.5, 0.6) is 0 Å². The lowest BCUT2D eigenvalue weighted by atomic mass is 9.83. The molecule has 0 amide bonds. The smallest absolute Gasteiger partial charge is 0.329 e. The molecule has 2 N–H and O–H groups in total. The Morgan fingerprint density at radius 3 is 2.87 bits per heavy atom. The van der Waals surface area contributed by atoms with Crippen LogP contribution in [-0.2, 0) is 17.3 Å². The molecule has 10 heteroatoms. The molecule has 1 radical (unpaired) electrons. The van der Waals surface area contributed by atoms with Gasteiger partial charge in [0.1, 0.15) is 18.1 Å². The Balaban J connectivity index is 1.78. The van der Waals surface area contributed by atoms with E-state index in [1.54, 1.807) is 27.8 Å². The van der Waals surface area contributed by atoms with E-state index in [9.17, 15) is 15.2 Å². The Morgan fingerprint density at radius 2 is 2.23 bits per heavy atom. The summed E-state index contributed by atoms with van der Waals surface area (Å²) in [6.45, 7) is 4.10. The number of aryl methyl sites for hydroxylation is 2. The number of rotatable bonds is 6. The van der Waals surface area contributed by atoms with Crippen molar-refractivity contribution in [2.75, 3.05) is 23.3 Å². The molecule has 2 aromatic heterocycles. The topological polar surface area (TPSA) is 120 Å². The number of aliphatic hydroxyl groups is 1. The van der Waals surface area contributed by atoms with E-state index < -0.39 is 5.41 Å². The molecule has 9 nitrogen and oxygen atoms in total. The normalized spacial score (nSPS) is 17.2. The fraction of sp³-hybridized carbons (Fsp3) is 0.286. The van der Waals surface area contributed by atoms with Crippen LogP contribution in [-0.4, -0.2) is 51.6 Å². The number of benzene rings is 1. The number of nitrogens with zero attached hydrogens (tertiary/aromatic N) is 6. The summed E-state index contributed by atoms with van der Waals surface area (Å²) in [5.74, 6) is 1.16. The van der Waals surface area contributed by atoms with Crippen LogP contribution in [0.3, 0.4) is 0 Å². The molecular formula is C21H21BN7O2. The lowest BCUT2D eigenvalue weighted by molar-refractivity contribution is 0.217. The average Bonchev–Trinajstić information content (AvgIpc) is 3.23. The Morgan fingerprint density at radius 1 is 1.42 bits per heavy atom. The van der Waals surface area contributed by atoms with Gasteiger partial charge >= 0.3 is 7.41 Å². The maximum atomic E-state index is 11.1. The minimum atomic E-state index is -0.614. The molecule has 0 aliphatic carbocycles. The molecule has 0 saturated carbocycles. The summed E-state index contributed by atoms with van der Waals surface area (Å²) in [5, 5.41) is 27.3. The Hall–Kier alpha value is -3.71. The van der Waals surface area contributed by atoms with Crippen molar-refractivity contribution in [3.05, 3.63) is 47.3 Å². The highest BCUT2D eigenvalue weighted by Crippen LogP contribution is 2.44. The SMILES string of the molecule is Cc1cc(Nc2nccc(-c3cc(C#N)c4c(c3)C(C)(CO)CN4[B]C=O)n2)n(C)n1. The first-order valence-electron chi connectivity index (χ1n) is 9.74. The highest BCUT2D eigenvalue weighted by Gasteiger charge is 2.40. The van der Waals surface area contributed by atoms with Crippen LogP contribution in [0.15, 0.2) is 30.5 Å².